The largest absolute Gasteiger partial charge is 0.370 e. The van der Waals surface area contributed by atoms with Gasteiger partial charge in [0.25, 0.3) is 0 Å². The van der Waals surface area contributed by atoms with Crippen LogP contribution in [-0.4, -0.2) is 37.5 Å². The Bertz CT molecular complexity index is 261. The first-order chi connectivity index (χ1) is 6.75. The maximum atomic E-state index is 5.65. The SMILES string of the molecule is CN1CCC(C2=CCN=C(N)N2)CC1. The smallest absolute Gasteiger partial charge is 0.193 e. The second-order valence-corrected chi connectivity index (χ2v) is 4.09. The van der Waals surface area contributed by atoms with Gasteiger partial charge in [0.2, 0.25) is 0 Å². The van der Waals surface area contributed by atoms with E-state index in [1.807, 2.05) is 0 Å². The Kier molecular flexibility index (Phi) is 2.72. The molecule has 0 radical (unpaired) electrons. The Morgan fingerprint density at radius 1 is 1.50 bits per heavy atom. The standard InChI is InChI=1S/C10H18N4/c1-14-6-3-8(4-7-14)9-2-5-12-10(11)13-9/h2,8H,3-7H2,1H3,(H3,11,12,13). The first-order valence-electron chi connectivity index (χ1n) is 5.21. The van der Waals surface area contributed by atoms with Crippen molar-refractivity contribution in [3.8, 4) is 0 Å². The van der Waals surface area contributed by atoms with Gasteiger partial charge in [-0.25, -0.2) is 4.99 Å². The molecule has 1 fully saturated rings. The number of nitrogens with one attached hydrogen (secondary N) is 1. The van der Waals surface area contributed by atoms with Crippen LogP contribution in [0, 0.1) is 5.92 Å². The van der Waals surface area contributed by atoms with Crippen LogP contribution in [0.15, 0.2) is 16.8 Å². The summed E-state index contributed by atoms with van der Waals surface area (Å²) in [5, 5.41) is 3.17. The van der Waals surface area contributed by atoms with E-state index in [9.17, 15) is 0 Å². The van der Waals surface area contributed by atoms with Gasteiger partial charge in [0.15, 0.2) is 5.96 Å². The van der Waals surface area contributed by atoms with Gasteiger partial charge in [0, 0.05) is 11.6 Å². The zero-order valence-electron chi connectivity index (χ0n) is 8.66. The molecule has 0 aromatic heterocycles. The molecular weight excluding hydrogens is 176 g/mol. The number of nitrogens with two attached hydrogens (primary N) is 1. The topological polar surface area (TPSA) is 53.6 Å². The third kappa shape index (κ3) is 2.07. The van der Waals surface area contributed by atoms with Gasteiger partial charge in [-0.2, -0.15) is 0 Å². The van der Waals surface area contributed by atoms with E-state index >= 15 is 0 Å². The van der Waals surface area contributed by atoms with Gasteiger partial charge in [0.1, 0.15) is 0 Å². The van der Waals surface area contributed by atoms with Crippen LogP contribution in [0.25, 0.3) is 0 Å². The minimum atomic E-state index is 0.571. The van der Waals surface area contributed by atoms with Crippen LogP contribution in [0.3, 0.4) is 0 Å². The summed E-state index contributed by atoms with van der Waals surface area (Å²) >= 11 is 0. The third-order valence-corrected chi connectivity index (χ3v) is 3.00. The molecule has 0 unspecified atom stereocenters. The Balaban J connectivity index is 1.93. The fourth-order valence-electron chi connectivity index (χ4n) is 2.07. The second-order valence-electron chi connectivity index (χ2n) is 4.09. The lowest BCUT2D eigenvalue weighted by Gasteiger charge is -2.31. The van der Waals surface area contributed by atoms with Crippen molar-refractivity contribution in [3.63, 3.8) is 0 Å². The van der Waals surface area contributed by atoms with Crippen LogP contribution in [0.2, 0.25) is 0 Å². The van der Waals surface area contributed by atoms with E-state index in [0.29, 0.717) is 11.9 Å². The van der Waals surface area contributed by atoms with Crippen molar-refractivity contribution >= 4 is 5.96 Å². The molecule has 3 N–H and O–H groups in total. The summed E-state index contributed by atoms with van der Waals surface area (Å²) in [5.74, 6) is 1.22. The van der Waals surface area contributed by atoms with Crippen LogP contribution >= 0.6 is 0 Å². The minimum absolute atomic E-state index is 0.571. The fourth-order valence-corrected chi connectivity index (χ4v) is 2.07. The highest BCUT2D eigenvalue weighted by molar-refractivity contribution is 5.80. The molecule has 2 heterocycles. The van der Waals surface area contributed by atoms with Crippen molar-refractivity contribution < 1.29 is 0 Å². The van der Waals surface area contributed by atoms with Crippen molar-refractivity contribution in [3.05, 3.63) is 11.8 Å². The second kappa shape index (κ2) is 4.00. The summed E-state index contributed by atoms with van der Waals surface area (Å²) in [6.07, 6.45) is 4.61. The molecule has 0 spiro atoms. The van der Waals surface area contributed by atoms with Gasteiger partial charge in [-0.3, -0.25) is 0 Å². The van der Waals surface area contributed by atoms with E-state index in [1.165, 1.54) is 31.6 Å². The van der Waals surface area contributed by atoms with Crippen molar-refractivity contribution in [2.75, 3.05) is 26.7 Å². The summed E-state index contributed by atoms with van der Waals surface area (Å²) in [7, 11) is 2.18. The summed E-state index contributed by atoms with van der Waals surface area (Å²) < 4.78 is 0. The highest BCUT2D eigenvalue weighted by atomic mass is 15.1. The summed E-state index contributed by atoms with van der Waals surface area (Å²) in [6.45, 7) is 3.10. The molecule has 1 saturated heterocycles. The zero-order chi connectivity index (χ0) is 9.97. The van der Waals surface area contributed by atoms with E-state index in [4.69, 9.17) is 5.73 Å². The Morgan fingerprint density at radius 3 is 2.86 bits per heavy atom. The minimum Gasteiger partial charge on any atom is -0.370 e. The van der Waals surface area contributed by atoms with Crippen molar-refractivity contribution in [2.24, 2.45) is 16.6 Å². The number of hydrogen-bond donors (Lipinski definition) is 2. The summed E-state index contributed by atoms with van der Waals surface area (Å²) in [6, 6.07) is 0. The number of guanidine groups is 1. The molecule has 0 amide bonds. The molecule has 0 aromatic rings. The maximum absolute atomic E-state index is 5.65. The Morgan fingerprint density at radius 2 is 2.21 bits per heavy atom. The molecule has 0 atom stereocenters. The molecule has 4 nitrogen and oxygen atoms in total. The van der Waals surface area contributed by atoms with Crippen LogP contribution in [0.1, 0.15) is 12.8 Å². The van der Waals surface area contributed by atoms with E-state index in [-0.39, 0.29) is 0 Å². The number of nitrogens with zero attached hydrogens (tertiary/aromatic N) is 2. The predicted octanol–water partition coefficient (Wildman–Crippen LogP) is 0.130. The summed E-state index contributed by atoms with van der Waals surface area (Å²) in [4.78, 5) is 6.46. The van der Waals surface area contributed by atoms with Gasteiger partial charge in [-0.1, -0.05) is 0 Å². The predicted molar refractivity (Wildman–Crippen MR) is 57.9 cm³/mol. The number of likely N-dealkylation sites (tertiary alicyclic amines) is 1. The lowest BCUT2D eigenvalue weighted by atomic mass is 9.93. The zero-order valence-corrected chi connectivity index (χ0v) is 8.66. The normalized spacial score (nSPS) is 25.2. The van der Waals surface area contributed by atoms with Crippen LogP contribution in [-0.2, 0) is 0 Å². The monoisotopic (exact) mass is 194 g/mol. The number of rotatable bonds is 1. The molecule has 2 aliphatic heterocycles. The maximum Gasteiger partial charge on any atom is 0.193 e. The molecule has 2 rings (SSSR count). The van der Waals surface area contributed by atoms with E-state index in [2.05, 4.69) is 28.3 Å². The van der Waals surface area contributed by atoms with E-state index < -0.39 is 0 Å². The van der Waals surface area contributed by atoms with Crippen molar-refractivity contribution in [1.29, 1.82) is 0 Å². The Hall–Kier alpha value is -1.03. The number of piperidine rings is 1. The highest BCUT2D eigenvalue weighted by Crippen LogP contribution is 2.22. The molecular formula is C10H18N4. The van der Waals surface area contributed by atoms with Gasteiger partial charge in [-0.05, 0) is 39.1 Å². The number of aliphatic imine (C=N–C) groups is 1. The molecule has 78 valence electrons. The van der Waals surface area contributed by atoms with Crippen molar-refractivity contribution in [2.45, 2.75) is 12.8 Å². The van der Waals surface area contributed by atoms with Crippen molar-refractivity contribution in [1.82, 2.24) is 10.2 Å². The van der Waals surface area contributed by atoms with Crippen LogP contribution in [0.5, 0.6) is 0 Å². The third-order valence-electron chi connectivity index (χ3n) is 3.00. The lowest BCUT2D eigenvalue weighted by molar-refractivity contribution is 0.235. The highest BCUT2D eigenvalue weighted by Gasteiger charge is 2.21. The molecule has 0 saturated carbocycles. The summed E-state index contributed by atoms with van der Waals surface area (Å²) in [5.41, 5.74) is 6.93. The van der Waals surface area contributed by atoms with Crippen LogP contribution in [0.4, 0.5) is 0 Å². The molecule has 0 bridgehead atoms. The fraction of sp³-hybridized carbons (Fsp3) is 0.700. The molecule has 0 aromatic carbocycles. The first kappa shape index (κ1) is 9.52. The average Bonchev–Trinajstić information content (AvgIpc) is 2.19. The van der Waals surface area contributed by atoms with Gasteiger partial charge in [-0.15, -0.1) is 0 Å². The number of allylic oxidation sites excluding steroid dienone is 1. The van der Waals surface area contributed by atoms with Gasteiger partial charge in [0.05, 0.1) is 6.54 Å². The molecule has 2 aliphatic rings. The van der Waals surface area contributed by atoms with Gasteiger partial charge >= 0.3 is 0 Å². The quantitative estimate of drug-likeness (QED) is 0.624. The Labute approximate surface area is 84.9 Å². The first-order valence-corrected chi connectivity index (χ1v) is 5.21. The molecule has 4 heteroatoms. The molecule has 0 aliphatic carbocycles. The molecule has 14 heavy (non-hydrogen) atoms. The average molecular weight is 194 g/mol. The van der Waals surface area contributed by atoms with Crippen LogP contribution < -0.4 is 11.1 Å². The van der Waals surface area contributed by atoms with E-state index in [1.54, 1.807) is 0 Å². The van der Waals surface area contributed by atoms with Gasteiger partial charge < -0.3 is 16.0 Å². The lowest BCUT2D eigenvalue weighted by Crippen LogP contribution is -2.39. The number of hydrogen-bond acceptors (Lipinski definition) is 4. The van der Waals surface area contributed by atoms with E-state index in [0.717, 1.165) is 6.54 Å².